The van der Waals surface area contributed by atoms with Crippen molar-refractivity contribution in [2.75, 3.05) is 37.8 Å². The minimum absolute atomic E-state index is 0.295. The van der Waals surface area contributed by atoms with Crippen LogP contribution in [0.1, 0.15) is 25.2 Å². The lowest BCUT2D eigenvalue weighted by Gasteiger charge is -2.18. The third kappa shape index (κ3) is 6.26. The van der Waals surface area contributed by atoms with Crippen LogP contribution in [0.15, 0.2) is 47.4 Å². The van der Waals surface area contributed by atoms with Crippen molar-refractivity contribution in [3.63, 3.8) is 0 Å². The molecule has 0 spiro atoms. The van der Waals surface area contributed by atoms with Crippen LogP contribution in [0.25, 0.3) is 23.1 Å². The highest BCUT2D eigenvalue weighted by Crippen LogP contribution is 2.24. The zero-order chi connectivity index (χ0) is 22.4. The van der Waals surface area contributed by atoms with Gasteiger partial charge in [0, 0.05) is 29.8 Å². The summed E-state index contributed by atoms with van der Waals surface area (Å²) in [6, 6.07) is 12.3. The van der Waals surface area contributed by atoms with Crippen molar-refractivity contribution in [2.45, 2.75) is 18.7 Å². The molecule has 0 radical (unpaired) electrons. The number of sulfone groups is 1. The maximum atomic E-state index is 11.6. The molecule has 2 aromatic carbocycles. The van der Waals surface area contributed by atoms with Crippen LogP contribution < -0.4 is 5.32 Å². The first-order valence-corrected chi connectivity index (χ1v) is 12.5. The van der Waals surface area contributed by atoms with E-state index < -0.39 is 9.84 Å². The van der Waals surface area contributed by atoms with Gasteiger partial charge in [0.15, 0.2) is 15.7 Å². The average molecular weight is 459 g/mol. The second-order valence-corrected chi connectivity index (χ2v) is 9.67. The van der Waals surface area contributed by atoms with Gasteiger partial charge in [0.2, 0.25) is 0 Å². The molecule has 0 fully saturated rings. The molecule has 0 unspecified atom stereocenters. The van der Waals surface area contributed by atoms with E-state index in [4.69, 9.17) is 11.6 Å². The number of rotatable bonds is 9. The Labute approximate surface area is 188 Å². The Morgan fingerprint density at radius 3 is 2.39 bits per heavy atom. The number of likely N-dealkylation sites (N-methyl/N-ethyl adjacent to an activating group) is 1. The molecule has 1 aromatic heterocycles. The molecule has 8 heteroatoms. The van der Waals surface area contributed by atoms with E-state index >= 15 is 0 Å². The van der Waals surface area contributed by atoms with Gasteiger partial charge in [-0.25, -0.2) is 18.4 Å². The molecule has 0 saturated carbocycles. The number of nitrogens with zero attached hydrogens (tertiary/aromatic N) is 3. The van der Waals surface area contributed by atoms with Gasteiger partial charge in [-0.05, 0) is 55.1 Å². The molecule has 0 aliphatic carbocycles. The summed E-state index contributed by atoms with van der Waals surface area (Å²) in [6.45, 7) is 7.97. The zero-order valence-electron chi connectivity index (χ0n) is 18.0. The fourth-order valence-electron chi connectivity index (χ4n) is 3.20. The molecule has 1 N–H and O–H groups in total. The zero-order valence-corrected chi connectivity index (χ0v) is 19.5. The van der Waals surface area contributed by atoms with Gasteiger partial charge in [-0.1, -0.05) is 43.7 Å². The lowest BCUT2D eigenvalue weighted by atomic mass is 10.2. The lowest BCUT2D eigenvalue weighted by Crippen LogP contribution is -2.28. The van der Waals surface area contributed by atoms with Gasteiger partial charge in [-0.2, -0.15) is 0 Å². The molecule has 3 aromatic rings. The second kappa shape index (κ2) is 10.2. The Kier molecular flexibility index (Phi) is 7.64. The molecule has 1 heterocycles. The number of hydrogen-bond acceptors (Lipinski definition) is 6. The summed E-state index contributed by atoms with van der Waals surface area (Å²) in [6.07, 6.45) is 4.88. The quantitative estimate of drug-likeness (QED) is 0.504. The van der Waals surface area contributed by atoms with Crippen molar-refractivity contribution in [1.82, 2.24) is 14.9 Å². The van der Waals surface area contributed by atoms with Crippen molar-refractivity contribution in [1.29, 1.82) is 0 Å². The predicted octanol–water partition coefficient (Wildman–Crippen LogP) is 4.61. The molecule has 31 heavy (non-hydrogen) atoms. The highest BCUT2D eigenvalue weighted by molar-refractivity contribution is 7.90. The van der Waals surface area contributed by atoms with Crippen molar-refractivity contribution in [2.24, 2.45) is 0 Å². The molecule has 0 bridgehead atoms. The van der Waals surface area contributed by atoms with Crippen LogP contribution in [-0.2, 0) is 9.84 Å². The van der Waals surface area contributed by atoms with E-state index in [0.717, 1.165) is 48.5 Å². The van der Waals surface area contributed by atoms with E-state index in [-0.39, 0.29) is 0 Å². The monoisotopic (exact) mass is 458 g/mol. The van der Waals surface area contributed by atoms with Crippen molar-refractivity contribution >= 4 is 50.3 Å². The van der Waals surface area contributed by atoms with E-state index in [0.29, 0.717) is 15.7 Å². The van der Waals surface area contributed by atoms with Crippen LogP contribution >= 0.6 is 11.6 Å². The Hall–Kier alpha value is -2.48. The Bertz CT molecular complexity index is 1170. The smallest absolute Gasteiger partial charge is 0.175 e. The van der Waals surface area contributed by atoms with Gasteiger partial charge >= 0.3 is 0 Å². The van der Waals surface area contributed by atoms with Crippen LogP contribution in [0.3, 0.4) is 0 Å². The number of benzene rings is 2. The molecule has 0 amide bonds. The van der Waals surface area contributed by atoms with Gasteiger partial charge in [-0.3, -0.25) is 0 Å². The number of hydrogen-bond donors (Lipinski definition) is 1. The Balaban J connectivity index is 1.86. The number of aromatic nitrogens is 2. The van der Waals surface area contributed by atoms with Gasteiger partial charge in [-0.15, -0.1) is 0 Å². The topological polar surface area (TPSA) is 75.2 Å². The van der Waals surface area contributed by atoms with Crippen molar-refractivity contribution in [3.8, 4) is 0 Å². The van der Waals surface area contributed by atoms with Gasteiger partial charge in [0.05, 0.1) is 10.4 Å². The summed E-state index contributed by atoms with van der Waals surface area (Å²) in [4.78, 5) is 11.9. The maximum absolute atomic E-state index is 11.6. The summed E-state index contributed by atoms with van der Waals surface area (Å²) in [5.74, 6) is 1.30. The second-order valence-electron chi connectivity index (χ2n) is 7.22. The highest BCUT2D eigenvalue weighted by Gasteiger charge is 2.09. The van der Waals surface area contributed by atoms with Crippen molar-refractivity contribution < 1.29 is 8.42 Å². The van der Waals surface area contributed by atoms with E-state index in [9.17, 15) is 8.42 Å². The van der Waals surface area contributed by atoms with Crippen LogP contribution in [-0.4, -0.2) is 55.7 Å². The predicted molar refractivity (Wildman–Crippen MR) is 129 cm³/mol. The number of anilines is 1. The minimum atomic E-state index is -3.21. The average Bonchev–Trinajstić information content (AvgIpc) is 2.75. The molecule has 0 atom stereocenters. The largest absolute Gasteiger partial charge is 0.368 e. The summed E-state index contributed by atoms with van der Waals surface area (Å²) in [5, 5.41) is 4.94. The summed E-state index contributed by atoms with van der Waals surface area (Å²) < 4.78 is 23.2. The fraction of sp³-hybridized carbons (Fsp3) is 0.304. The van der Waals surface area contributed by atoms with Crippen LogP contribution in [0, 0.1) is 0 Å². The molecular formula is C23H27ClN4O2S. The third-order valence-electron chi connectivity index (χ3n) is 5.02. The van der Waals surface area contributed by atoms with Crippen LogP contribution in [0.4, 0.5) is 5.82 Å². The Morgan fingerprint density at radius 2 is 1.74 bits per heavy atom. The Morgan fingerprint density at radius 1 is 1.03 bits per heavy atom. The molecule has 0 aliphatic rings. The number of nitrogens with one attached hydrogen (secondary N) is 1. The van der Waals surface area contributed by atoms with E-state index in [1.165, 1.54) is 6.26 Å². The highest BCUT2D eigenvalue weighted by atomic mass is 35.5. The summed E-state index contributed by atoms with van der Waals surface area (Å²) >= 11 is 6.20. The maximum Gasteiger partial charge on any atom is 0.175 e. The summed E-state index contributed by atoms with van der Waals surface area (Å²) in [7, 11) is -3.21. The van der Waals surface area contributed by atoms with Gasteiger partial charge < -0.3 is 10.2 Å². The normalized spacial score (nSPS) is 12.2. The molecule has 3 rings (SSSR count). The molecule has 0 aliphatic heterocycles. The first kappa shape index (κ1) is 23.2. The van der Waals surface area contributed by atoms with Gasteiger partial charge in [0.1, 0.15) is 5.82 Å². The van der Waals surface area contributed by atoms with Crippen LogP contribution in [0.5, 0.6) is 0 Å². The van der Waals surface area contributed by atoms with Crippen molar-refractivity contribution in [3.05, 3.63) is 58.9 Å². The van der Waals surface area contributed by atoms with Crippen LogP contribution in [0.2, 0.25) is 5.02 Å². The number of fused-ring (bicyclic) bond motifs is 1. The third-order valence-corrected chi connectivity index (χ3v) is 6.39. The fourth-order valence-corrected chi connectivity index (χ4v) is 4.00. The first-order valence-electron chi connectivity index (χ1n) is 10.2. The number of halogens is 1. The van der Waals surface area contributed by atoms with Gasteiger partial charge in [0.25, 0.3) is 0 Å². The molecular weight excluding hydrogens is 432 g/mol. The molecule has 0 saturated heterocycles. The minimum Gasteiger partial charge on any atom is -0.368 e. The standard InChI is InChI=1S/C23H27ClN4O2S/c1-4-28(5-2)15-14-25-23-20-16-18(24)9-12-21(20)26-22(27-23)13-8-17-6-10-19(11-7-17)31(3,29)30/h6-13,16H,4-5,14-15H2,1-3H3,(H,25,26,27)/b13-8+. The summed E-state index contributed by atoms with van der Waals surface area (Å²) in [5.41, 5.74) is 1.67. The first-order chi connectivity index (χ1) is 14.8. The molecule has 6 nitrogen and oxygen atoms in total. The molecule has 164 valence electrons. The lowest BCUT2D eigenvalue weighted by molar-refractivity contribution is 0.316. The SMILES string of the molecule is CCN(CC)CCNc1nc(/C=C/c2ccc(S(C)(=O)=O)cc2)nc2ccc(Cl)cc12. The van der Waals surface area contributed by atoms with E-state index in [1.807, 2.05) is 30.4 Å². The van der Waals surface area contributed by atoms with E-state index in [2.05, 4.69) is 34.0 Å². The van der Waals surface area contributed by atoms with E-state index in [1.54, 1.807) is 24.3 Å².